The van der Waals surface area contributed by atoms with E-state index < -0.39 is 6.10 Å². The molecule has 0 saturated heterocycles. The highest BCUT2D eigenvalue weighted by molar-refractivity contribution is 9.10. The Morgan fingerprint density at radius 2 is 2.05 bits per heavy atom. The van der Waals surface area contributed by atoms with Crippen molar-refractivity contribution in [3.05, 3.63) is 69.4 Å². The first-order valence-electron chi connectivity index (χ1n) is 6.30. The number of aliphatic hydroxyl groups is 1. The molecule has 2 aromatic rings. The van der Waals surface area contributed by atoms with Gasteiger partial charge in [-0.1, -0.05) is 40.2 Å². The third kappa shape index (κ3) is 3.88. The molecule has 0 saturated carbocycles. The van der Waals surface area contributed by atoms with Crippen LogP contribution in [0.4, 0.5) is 4.39 Å². The van der Waals surface area contributed by atoms with Crippen molar-refractivity contribution in [3.63, 3.8) is 0 Å². The first kappa shape index (κ1) is 15.2. The lowest BCUT2D eigenvalue weighted by molar-refractivity contribution is 0.175. The molecule has 106 valence electrons. The Kier molecular flexibility index (Phi) is 5.29. The fraction of sp³-hybridized carbons (Fsp3) is 0.250. The topological polar surface area (TPSA) is 29.5 Å². The van der Waals surface area contributed by atoms with Gasteiger partial charge in [0.1, 0.15) is 5.82 Å². The molecular formula is C16H16BrFO2. The van der Waals surface area contributed by atoms with Crippen LogP contribution in [0.1, 0.15) is 22.8 Å². The zero-order valence-corrected chi connectivity index (χ0v) is 12.7. The molecule has 0 spiro atoms. The maximum atomic E-state index is 13.2. The zero-order chi connectivity index (χ0) is 14.5. The average molecular weight is 339 g/mol. The first-order chi connectivity index (χ1) is 9.60. The van der Waals surface area contributed by atoms with Gasteiger partial charge in [0.25, 0.3) is 0 Å². The molecule has 0 fully saturated rings. The van der Waals surface area contributed by atoms with E-state index in [1.165, 1.54) is 12.1 Å². The largest absolute Gasteiger partial charge is 0.388 e. The first-order valence-corrected chi connectivity index (χ1v) is 7.09. The Labute approximate surface area is 126 Å². The quantitative estimate of drug-likeness (QED) is 0.892. The summed E-state index contributed by atoms with van der Waals surface area (Å²) in [6, 6.07) is 12.1. The van der Waals surface area contributed by atoms with Crippen LogP contribution in [-0.2, 0) is 17.8 Å². The number of methoxy groups -OCH3 is 1. The fourth-order valence-electron chi connectivity index (χ4n) is 2.08. The van der Waals surface area contributed by atoms with Crippen LogP contribution in [0.2, 0.25) is 0 Å². The highest BCUT2D eigenvalue weighted by atomic mass is 79.9. The van der Waals surface area contributed by atoms with E-state index in [4.69, 9.17) is 4.74 Å². The molecule has 4 heteroatoms. The van der Waals surface area contributed by atoms with Crippen molar-refractivity contribution in [2.24, 2.45) is 0 Å². The van der Waals surface area contributed by atoms with Crippen LogP contribution < -0.4 is 0 Å². The molecular weight excluding hydrogens is 323 g/mol. The van der Waals surface area contributed by atoms with Gasteiger partial charge in [-0.2, -0.15) is 0 Å². The molecule has 0 aromatic heterocycles. The van der Waals surface area contributed by atoms with Crippen molar-refractivity contribution in [2.75, 3.05) is 7.11 Å². The van der Waals surface area contributed by atoms with Crippen molar-refractivity contribution < 1.29 is 14.2 Å². The van der Waals surface area contributed by atoms with Crippen LogP contribution in [0.5, 0.6) is 0 Å². The summed E-state index contributed by atoms with van der Waals surface area (Å²) in [6.45, 7) is 0.504. The second-order valence-electron chi connectivity index (χ2n) is 4.63. The molecule has 0 aliphatic heterocycles. The average Bonchev–Trinajstić information content (AvgIpc) is 2.43. The Balaban J connectivity index is 2.17. The minimum Gasteiger partial charge on any atom is -0.388 e. The molecule has 0 aliphatic rings. The predicted molar refractivity (Wildman–Crippen MR) is 79.9 cm³/mol. The van der Waals surface area contributed by atoms with Crippen LogP contribution in [-0.4, -0.2) is 12.2 Å². The molecule has 0 amide bonds. The van der Waals surface area contributed by atoms with E-state index in [0.29, 0.717) is 13.0 Å². The van der Waals surface area contributed by atoms with E-state index in [2.05, 4.69) is 15.9 Å². The van der Waals surface area contributed by atoms with Crippen molar-refractivity contribution in [2.45, 2.75) is 19.1 Å². The maximum Gasteiger partial charge on any atom is 0.123 e. The molecule has 2 aromatic carbocycles. The van der Waals surface area contributed by atoms with Crippen LogP contribution in [0.3, 0.4) is 0 Å². The molecule has 1 N–H and O–H groups in total. The molecule has 1 unspecified atom stereocenters. The lowest BCUT2D eigenvalue weighted by atomic mass is 10.00. The van der Waals surface area contributed by atoms with Crippen LogP contribution in [0.25, 0.3) is 0 Å². The summed E-state index contributed by atoms with van der Waals surface area (Å²) in [7, 11) is 1.63. The maximum absolute atomic E-state index is 13.2. The van der Waals surface area contributed by atoms with Gasteiger partial charge < -0.3 is 9.84 Å². The summed E-state index contributed by atoms with van der Waals surface area (Å²) < 4.78 is 19.1. The van der Waals surface area contributed by atoms with Gasteiger partial charge >= 0.3 is 0 Å². The summed E-state index contributed by atoms with van der Waals surface area (Å²) in [6.07, 6.45) is -0.320. The van der Waals surface area contributed by atoms with Crippen molar-refractivity contribution in [1.29, 1.82) is 0 Å². The van der Waals surface area contributed by atoms with Gasteiger partial charge in [-0.25, -0.2) is 4.39 Å². The van der Waals surface area contributed by atoms with Gasteiger partial charge in [-0.15, -0.1) is 0 Å². The van der Waals surface area contributed by atoms with Gasteiger partial charge in [0.15, 0.2) is 0 Å². The number of benzene rings is 2. The normalized spacial score (nSPS) is 12.4. The number of aliphatic hydroxyl groups excluding tert-OH is 1. The Morgan fingerprint density at radius 3 is 2.80 bits per heavy atom. The molecule has 20 heavy (non-hydrogen) atoms. The predicted octanol–water partition coefficient (Wildman–Crippen LogP) is 4.01. The van der Waals surface area contributed by atoms with Crippen LogP contribution >= 0.6 is 15.9 Å². The molecule has 0 aliphatic carbocycles. The van der Waals surface area contributed by atoms with Gasteiger partial charge in [0.05, 0.1) is 12.7 Å². The molecule has 0 heterocycles. The lowest BCUT2D eigenvalue weighted by Crippen LogP contribution is -2.03. The third-order valence-electron chi connectivity index (χ3n) is 3.07. The Morgan fingerprint density at radius 1 is 1.25 bits per heavy atom. The van der Waals surface area contributed by atoms with Crippen LogP contribution in [0.15, 0.2) is 46.9 Å². The highest BCUT2D eigenvalue weighted by Crippen LogP contribution is 2.25. The molecule has 0 radical (unpaired) electrons. The van der Waals surface area contributed by atoms with Crippen molar-refractivity contribution in [3.8, 4) is 0 Å². The van der Waals surface area contributed by atoms with Crippen molar-refractivity contribution >= 4 is 15.9 Å². The summed E-state index contributed by atoms with van der Waals surface area (Å²) in [5, 5.41) is 10.3. The summed E-state index contributed by atoms with van der Waals surface area (Å²) in [4.78, 5) is 0. The molecule has 2 rings (SSSR count). The second kappa shape index (κ2) is 6.97. The van der Waals surface area contributed by atoms with E-state index in [0.717, 1.165) is 21.2 Å². The Hall–Kier alpha value is -1.23. The fourth-order valence-corrected chi connectivity index (χ4v) is 2.49. The smallest absolute Gasteiger partial charge is 0.123 e. The van der Waals surface area contributed by atoms with Gasteiger partial charge in [0, 0.05) is 18.0 Å². The van der Waals surface area contributed by atoms with E-state index >= 15 is 0 Å². The lowest BCUT2D eigenvalue weighted by Gasteiger charge is -2.13. The number of halogens is 2. The molecule has 2 nitrogen and oxygen atoms in total. The molecule has 0 bridgehead atoms. The van der Waals surface area contributed by atoms with E-state index in [1.54, 1.807) is 13.2 Å². The van der Waals surface area contributed by atoms with E-state index in [9.17, 15) is 9.50 Å². The second-order valence-corrected chi connectivity index (χ2v) is 5.49. The van der Waals surface area contributed by atoms with Crippen LogP contribution in [0, 0.1) is 5.82 Å². The van der Waals surface area contributed by atoms with Gasteiger partial charge in [0.2, 0.25) is 0 Å². The monoisotopic (exact) mass is 338 g/mol. The third-order valence-corrected chi connectivity index (χ3v) is 3.84. The van der Waals surface area contributed by atoms with Gasteiger partial charge in [-0.05, 0) is 34.9 Å². The highest BCUT2D eigenvalue weighted by Gasteiger charge is 2.12. The van der Waals surface area contributed by atoms with E-state index in [1.807, 2.05) is 24.3 Å². The number of ether oxygens (including phenoxy) is 1. The van der Waals surface area contributed by atoms with Crippen molar-refractivity contribution in [1.82, 2.24) is 0 Å². The minimum absolute atomic E-state index is 0.302. The Bertz CT molecular complexity index is 586. The number of hydrogen-bond donors (Lipinski definition) is 1. The number of hydrogen-bond acceptors (Lipinski definition) is 2. The summed E-state index contributed by atoms with van der Waals surface area (Å²) in [5.41, 5.74) is 2.55. The summed E-state index contributed by atoms with van der Waals surface area (Å²) >= 11 is 3.37. The SMILES string of the molecule is COCc1cccc(C(O)Cc2cc(F)ccc2Br)c1. The minimum atomic E-state index is -0.676. The zero-order valence-electron chi connectivity index (χ0n) is 11.1. The van der Waals surface area contributed by atoms with E-state index in [-0.39, 0.29) is 5.82 Å². The van der Waals surface area contributed by atoms with Gasteiger partial charge in [-0.3, -0.25) is 0 Å². The standard InChI is InChI=1S/C16H16BrFO2/c1-20-10-11-3-2-4-12(7-11)16(19)9-13-8-14(18)5-6-15(13)17/h2-8,16,19H,9-10H2,1H3. The molecule has 1 atom stereocenters. The number of rotatable bonds is 5. The summed E-state index contributed by atoms with van der Waals surface area (Å²) in [5.74, 6) is -0.302.